The number of carbonyl (C=O) groups excluding carboxylic acids is 3. The molecule has 39 heavy (non-hydrogen) atoms. The zero-order valence-corrected chi connectivity index (χ0v) is 23.9. The van der Waals surface area contributed by atoms with Crippen molar-refractivity contribution in [3.63, 3.8) is 0 Å². The lowest BCUT2D eigenvalue weighted by molar-refractivity contribution is -0.140. The predicted octanol–water partition coefficient (Wildman–Crippen LogP) is 4.20. The van der Waals surface area contributed by atoms with Crippen molar-refractivity contribution < 1.29 is 19.5 Å². The normalized spacial score (nSPS) is 29.0. The highest BCUT2D eigenvalue weighted by Gasteiger charge is 2.77. The van der Waals surface area contributed by atoms with Crippen LogP contribution in [0.1, 0.15) is 55.7 Å². The lowest BCUT2D eigenvalue weighted by Gasteiger charge is -2.35. The third-order valence-corrected chi connectivity index (χ3v) is 10.9. The summed E-state index contributed by atoms with van der Waals surface area (Å²) in [5.74, 6) is -1.40. The largest absolute Gasteiger partial charge is 0.396 e. The first-order valence-corrected chi connectivity index (χ1v) is 14.8. The van der Waals surface area contributed by atoms with Crippen molar-refractivity contribution >= 4 is 35.2 Å². The van der Waals surface area contributed by atoms with E-state index in [0.29, 0.717) is 25.9 Å². The van der Waals surface area contributed by atoms with Crippen molar-refractivity contribution in [2.45, 2.75) is 75.0 Å². The molecule has 5 rings (SSSR count). The van der Waals surface area contributed by atoms with Crippen molar-refractivity contribution in [3.05, 3.63) is 65.2 Å². The molecule has 2 unspecified atom stereocenters. The number of aryl methyl sites for hydroxylation is 2. The van der Waals surface area contributed by atoms with E-state index in [0.717, 1.165) is 41.6 Å². The van der Waals surface area contributed by atoms with Gasteiger partial charge in [-0.25, -0.2) is 0 Å². The van der Waals surface area contributed by atoms with Gasteiger partial charge >= 0.3 is 0 Å². The molecule has 3 fully saturated rings. The summed E-state index contributed by atoms with van der Waals surface area (Å²) >= 11 is 1.69. The van der Waals surface area contributed by atoms with Crippen molar-refractivity contribution in [1.29, 1.82) is 0 Å². The van der Waals surface area contributed by atoms with E-state index in [2.05, 4.69) is 17.6 Å². The van der Waals surface area contributed by atoms with Gasteiger partial charge in [0.25, 0.3) is 0 Å². The first-order chi connectivity index (χ1) is 18.7. The summed E-state index contributed by atoms with van der Waals surface area (Å²) in [6.45, 7) is 7.00. The number of thioether (sulfide) groups is 1. The number of rotatable bonds is 10. The SMILES string of the molecule is Cc1cccc(C)c1NC(=O)C1N(CCCCCO)C(=O)[C@@H]2[C@H](C(=O)NCc3ccccc3)[C@]3(C)CCC12S3. The van der Waals surface area contributed by atoms with Crippen molar-refractivity contribution in [2.75, 3.05) is 18.5 Å². The molecular weight excluding hydrogens is 510 g/mol. The number of likely N-dealkylation sites (tertiary alicyclic amines) is 1. The van der Waals surface area contributed by atoms with Crippen LogP contribution in [0.4, 0.5) is 5.69 Å². The highest BCUT2D eigenvalue weighted by atomic mass is 32.2. The fourth-order valence-electron chi connectivity index (χ4n) is 7.04. The van der Waals surface area contributed by atoms with Crippen LogP contribution in [0.15, 0.2) is 48.5 Å². The number of hydrogen-bond acceptors (Lipinski definition) is 5. The predicted molar refractivity (Wildman–Crippen MR) is 154 cm³/mol. The van der Waals surface area contributed by atoms with E-state index in [1.807, 2.05) is 62.4 Å². The molecule has 3 N–H and O–H groups in total. The number of nitrogens with one attached hydrogen (secondary N) is 2. The molecule has 5 atom stereocenters. The van der Waals surface area contributed by atoms with Gasteiger partial charge in [0.15, 0.2) is 0 Å². The van der Waals surface area contributed by atoms with E-state index in [1.54, 1.807) is 16.7 Å². The van der Waals surface area contributed by atoms with Gasteiger partial charge in [0, 0.05) is 30.1 Å². The van der Waals surface area contributed by atoms with Crippen LogP contribution in [0.2, 0.25) is 0 Å². The third kappa shape index (κ3) is 4.86. The summed E-state index contributed by atoms with van der Waals surface area (Å²) in [6.07, 6.45) is 3.65. The Bertz CT molecular complexity index is 1230. The van der Waals surface area contributed by atoms with Crippen LogP contribution in [0, 0.1) is 25.7 Å². The molecule has 0 aliphatic carbocycles. The molecular formula is C31H39N3O4S. The minimum Gasteiger partial charge on any atom is -0.396 e. The fourth-order valence-corrected chi connectivity index (χ4v) is 9.39. The Balaban J connectivity index is 1.45. The van der Waals surface area contributed by atoms with E-state index in [4.69, 9.17) is 0 Å². The molecule has 8 heteroatoms. The van der Waals surface area contributed by atoms with Crippen LogP contribution in [0.3, 0.4) is 0 Å². The van der Waals surface area contributed by atoms with Crippen molar-refractivity contribution in [3.8, 4) is 0 Å². The summed E-state index contributed by atoms with van der Waals surface area (Å²) in [4.78, 5) is 43.8. The van der Waals surface area contributed by atoms with Crippen LogP contribution in [0.25, 0.3) is 0 Å². The molecule has 0 aromatic heterocycles. The number of aliphatic hydroxyl groups is 1. The molecule has 0 saturated carbocycles. The minimum absolute atomic E-state index is 0.0866. The second-order valence-electron chi connectivity index (χ2n) is 11.5. The van der Waals surface area contributed by atoms with Crippen LogP contribution in [0.5, 0.6) is 0 Å². The standard InChI is InChI=1S/C31H39N3O4S/c1-20-11-10-12-21(2)25(20)33-28(37)26-31-16-15-30(3,39-31)23(27(36)32-19-22-13-6-4-7-14-22)24(31)29(38)34(26)17-8-5-9-18-35/h4,6-7,10-14,23-24,26,35H,5,8-9,15-19H2,1-3H3,(H,32,36)(H,33,37)/t23-,24+,26?,30+,31?/m1/s1. The zero-order chi connectivity index (χ0) is 27.8. The van der Waals surface area contributed by atoms with E-state index in [9.17, 15) is 19.5 Å². The molecule has 2 aromatic carbocycles. The quantitative estimate of drug-likeness (QED) is 0.386. The van der Waals surface area contributed by atoms with Crippen LogP contribution >= 0.6 is 11.8 Å². The van der Waals surface area contributed by atoms with Gasteiger partial charge in [-0.3, -0.25) is 14.4 Å². The summed E-state index contributed by atoms with van der Waals surface area (Å²) in [6, 6.07) is 15.0. The van der Waals surface area contributed by atoms with Gasteiger partial charge in [0.1, 0.15) is 6.04 Å². The number of para-hydroxylation sites is 1. The molecule has 0 radical (unpaired) electrons. The number of amides is 3. The Morgan fingerprint density at radius 1 is 1.00 bits per heavy atom. The molecule has 3 amide bonds. The smallest absolute Gasteiger partial charge is 0.248 e. The number of anilines is 1. The maximum Gasteiger partial charge on any atom is 0.248 e. The Hall–Kier alpha value is -2.84. The number of fused-ring (bicyclic) bond motifs is 1. The molecule has 2 aromatic rings. The lowest BCUT2D eigenvalue weighted by atomic mass is 9.66. The monoisotopic (exact) mass is 549 g/mol. The summed E-state index contributed by atoms with van der Waals surface area (Å²) in [7, 11) is 0. The molecule has 2 bridgehead atoms. The Morgan fingerprint density at radius 3 is 2.41 bits per heavy atom. The molecule has 1 spiro atoms. The second-order valence-corrected chi connectivity index (χ2v) is 13.4. The zero-order valence-electron chi connectivity index (χ0n) is 23.0. The first kappa shape index (κ1) is 27.7. The number of nitrogens with zero attached hydrogens (tertiary/aromatic N) is 1. The van der Waals surface area contributed by atoms with E-state index < -0.39 is 27.4 Å². The Kier molecular flexibility index (Phi) is 7.80. The lowest BCUT2D eigenvalue weighted by Crippen LogP contribution is -2.52. The summed E-state index contributed by atoms with van der Waals surface area (Å²) in [5.41, 5.74) is 3.75. The number of benzene rings is 2. The van der Waals surface area contributed by atoms with Gasteiger partial charge in [0.2, 0.25) is 17.7 Å². The Morgan fingerprint density at radius 2 is 1.72 bits per heavy atom. The number of hydrogen-bond donors (Lipinski definition) is 3. The van der Waals surface area contributed by atoms with Gasteiger partial charge in [-0.1, -0.05) is 48.5 Å². The third-order valence-electron chi connectivity index (χ3n) is 8.90. The molecule has 3 saturated heterocycles. The maximum absolute atomic E-state index is 14.2. The molecule has 3 heterocycles. The Labute approximate surface area is 235 Å². The summed E-state index contributed by atoms with van der Waals surface area (Å²) in [5, 5.41) is 15.5. The van der Waals surface area contributed by atoms with Crippen molar-refractivity contribution in [1.82, 2.24) is 10.2 Å². The van der Waals surface area contributed by atoms with Gasteiger partial charge in [-0.05, 0) is 69.6 Å². The van der Waals surface area contributed by atoms with Gasteiger partial charge in [-0.2, -0.15) is 0 Å². The minimum atomic E-state index is -0.651. The fraction of sp³-hybridized carbons (Fsp3) is 0.516. The van der Waals surface area contributed by atoms with Crippen molar-refractivity contribution in [2.24, 2.45) is 11.8 Å². The molecule has 3 aliphatic rings. The van der Waals surface area contributed by atoms with Gasteiger partial charge in [-0.15, -0.1) is 11.8 Å². The highest BCUT2D eigenvalue weighted by molar-refractivity contribution is 8.02. The van der Waals surface area contributed by atoms with E-state index >= 15 is 0 Å². The number of unbranched alkanes of at least 4 members (excludes halogenated alkanes) is 2. The van der Waals surface area contributed by atoms with E-state index in [1.165, 1.54) is 0 Å². The van der Waals surface area contributed by atoms with Crippen LogP contribution < -0.4 is 10.6 Å². The second kappa shape index (κ2) is 11.0. The maximum atomic E-state index is 14.2. The van der Waals surface area contributed by atoms with Crippen LogP contribution in [-0.2, 0) is 20.9 Å². The first-order valence-electron chi connectivity index (χ1n) is 14.0. The highest BCUT2D eigenvalue weighted by Crippen LogP contribution is 2.71. The number of aliphatic hydroxyl groups excluding tert-OH is 1. The molecule has 3 aliphatic heterocycles. The topological polar surface area (TPSA) is 98.7 Å². The summed E-state index contributed by atoms with van der Waals surface area (Å²) < 4.78 is -1.04. The molecule has 208 valence electrons. The van der Waals surface area contributed by atoms with Crippen LogP contribution in [-0.4, -0.2) is 56.4 Å². The van der Waals surface area contributed by atoms with Gasteiger partial charge < -0.3 is 20.6 Å². The van der Waals surface area contributed by atoms with E-state index in [-0.39, 0.29) is 24.3 Å². The average Bonchev–Trinajstić information content (AvgIpc) is 3.48. The average molecular weight is 550 g/mol. The van der Waals surface area contributed by atoms with Gasteiger partial charge in [0.05, 0.1) is 16.6 Å². The molecule has 7 nitrogen and oxygen atoms in total. The number of carbonyl (C=O) groups is 3.